The van der Waals surface area contributed by atoms with Gasteiger partial charge in [0.2, 0.25) is 0 Å². The second-order valence-electron chi connectivity index (χ2n) is 5.93. The Morgan fingerprint density at radius 3 is 2.67 bits per heavy atom. The maximum atomic E-state index is 12.3. The quantitative estimate of drug-likeness (QED) is 0.853. The van der Waals surface area contributed by atoms with Crippen LogP contribution >= 0.6 is 11.3 Å². The maximum absolute atomic E-state index is 12.3. The summed E-state index contributed by atoms with van der Waals surface area (Å²) in [5.41, 5.74) is 3.61. The van der Waals surface area contributed by atoms with E-state index in [1.165, 1.54) is 16.9 Å². The van der Waals surface area contributed by atoms with Crippen LogP contribution in [0.4, 0.5) is 0 Å². The van der Waals surface area contributed by atoms with Crippen LogP contribution in [0.15, 0.2) is 23.6 Å². The molecule has 0 radical (unpaired) electrons. The van der Waals surface area contributed by atoms with Crippen LogP contribution in [0.25, 0.3) is 10.6 Å². The molecule has 24 heavy (non-hydrogen) atoms. The Labute approximate surface area is 147 Å². The smallest absolute Gasteiger partial charge is 0.271 e. The molecule has 1 atom stereocenters. The van der Waals surface area contributed by atoms with E-state index in [-0.39, 0.29) is 17.4 Å². The SMILES string of the molecule is CCS(=O)(=O)CC(C)NC(=O)c1csc(-c2ccc(C)cc2C)n1. The topological polar surface area (TPSA) is 76.1 Å². The lowest BCUT2D eigenvalue weighted by Crippen LogP contribution is -2.38. The van der Waals surface area contributed by atoms with Crippen molar-refractivity contribution in [1.82, 2.24) is 10.3 Å². The van der Waals surface area contributed by atoms with Gasteiger partial charge in [0.15, 0.2) is 9.84 Å². The van der Waals surface area contributed by atoms with Crippen molar-refractivity contribution in [2.24, 2.45) is 0 Å². The molecule has 0 aliphatic carbocycles. The molecule has 0 saturated carbocycles. The average Bonchev–Trinajstić information content (AvgIpc) is 2.96. The van der Waals surface area contributed by atoms with Crippen molar-refractivity contribution in [3.63, 3.8) is 0 Å². The van der Waals surface area contributed by atoms with Crippen molar-refractivity contribution in [1.29, 1.82) is 0 Å². The van der Waals surface area contributed by atoms with Crippen molar-refractivity contribution >= 4 is 27.1 Å². The second kappa shape index (κ2) is 7.44. The predicted molar refractivity (Wildman–Crippen MR) is 98.3 cm³/mol. The minimum atomic E-state index is -3.13. The van der Waals surface area contributed by atoms with Crippen molar-refractivity contribution in [3.05, 3.63) is 40.4 Å². The Balaban J connectivity index is 2.11. The number of amides is 1. The van der Waals surface area contributed by atoms with Crippen molar-refractivity contribution in [3.8, 4) is 10.6 Å². The highest BCUT2D eigenvalue weighted by Crippen LogP contribution is 2.27. The number of aromatic nitrogens is 1. The third-order valence-electron chi connectivity index (χ3n) is 3.67. The van der Waals surface area contributed by atoms with Crippen LogP contribution in [0.2, 0.25) is 0 Å². The van der Waals surface area contributed by atoms with Gasteiger partial charge in [-0.05, 0) is 26.3 Å². The van der Waals surface area contributed by atoms with Gasteiger partial charge in [0.25, 0.3) is 5.91 Å². The monoisotopic (exact) mass is 366 g/mol. The number of benzene rings is 1. The zero-order valence-electron chi connectivity index (χ0n) is 14.3. The first kappa shape index (κ1) is 18.6. The number of hydrogen-bond donors (Lipinski definition) is 1. The third-order valence-corrected chi connectivity index (χ3v) is 6.43. The van der Waals surface area contributed by atoms with Gasteiger partial charge < -0.3 is 5.32 Å². The van der Waals surface area contributed by atoms with E-state index < -0.39 is 15.9 Å². The number of nitrogens with zero attached hydrogens (tertiary/aromatic N) is 1. The fourth-order valence-corrected chi connectivity index (χ4v) is 4.36. The van der Waals surface area contributed by atoms with E-state index in [9.17, 15) is 13.2 Å². The van der Waals surface area contributed by atoms with Crippen LogP contribution in [-0.4, -0.2) is 36.9 Å². The Morgan fingerprint density at radius 2 is 2.04 bits per heavy atom. The van der Waals surface area contributed by atoms with Gasteiger partial charge in [0.05, 0.1) is 5.75 Å². The molecule has 7 heteroatoms. The zero-order valence-corrected chi connectivity index (χ0v) is 15.9. The van der Waals surface area contributed by atoms with E-state index >= 15 is 0 Å². The molecule has 2 aromatic rings. The lowest BCUT2D eigenvalue weighted by molar-refractivity contribution is 0.0939. The summed E-state index contributed by atoms with van der Waals surface area (Å²) in [6.45, 7) is 7.33. The van der Waals surface area contributed by atoms with Gasteiger partial charge in [0, 0.05) is 22.7 Å². The van der Waals surface area contributed by atoms with Crippen LogP contribution in [0.1, 0.15) is 35.5 Å². The summed E-state index contributed by atoms with van der Waals surface area (Å²) >= 11 is 1.41. The number of thiazole rings is 1. The molecule has 1 aromatic carbocycles. The molecule has 0 saturated heterocycles. The van der Waals surface area contributed by atoms with E-state index in [0.717, 1.165) is 16.1 Å². The number of rotatable bonds is 6. The van der Waals surface area contributed by atoms with Crippen LogP contribution in [0, 0.1) is 13.8 Å². The first-order valence-corrected chi connectivity index (χ1v) is 10.5. The summed E-state index contributed by atoms with van der Waals surface area (Å²) < 4.78 is 23.2. The molecule has 1 aromatic heterocycles. The molecule has 1 N–H and O–H groups in total. The Morgan fingerprint density at radius 1 is 1.33 bits per heavy atom. The number of sulfone groups is 1. The molecule has 0 aliphatic heterocycles. The molecule has 2 rings (SSSR count). The standard InChI is InChI=1S/C17H22N2O3S2/c1-5-24(21,22)10-13(4)18-16(20)15-9-23-17(19-15)14-7-6-11(2)8-12(14)3/h6-9,13H,5,10H2,1-4H3,(H,18,20). The number of carbonyl (C=O) groups is 1. The van der Waals surface area contributed by atoms with E-state index in [1.807, 2.05) is 26.0 Å². The highest BCUT2D eigenvalue weighted by atomic mass is 32.2. The Kier molecular flexibility index (Phi) is 5.77. The number of nitrogens with one attached hydrogen (secondary N) is 1. The number of aryl methyl sites for hydroxylation is 2. The zero-order chi connectivity index (χ0) is 17.9. The van der Waals surface area contributed by atoms with Gasteiger partial charge in [-0.25, -0.2) is 13.4 Å². The molecule has 5 nitrogen and oxygen atoms in total. The first-order chi connectivity index (χ1) is 11.2. The van der Waals surface area contributed by atoms with Gasteiger partial charge in [-0.15, -0.1) is 11.3 Å². The summed E-state index contributed by atoms with van der Waals surface area (Å²) in [5.74, 6) is -0.342. The van der Waals surface area contributed by atoms with Crippen LogP contribution in [0.3, 0.4) is 0 Å². The maximum Gasteiger partial charge on any atom is 0.271 e. The van der Waals surface area contributed by atoms with Gasteiger partial charge in [-0.3, -0.25) is 4.79 Å². The second-order valence-corrected chi connectivity index (χ2v) is 9.19. The normalized spacial score (nSPS) is 12.8. The summed E-state index contributed by atoms with van der Waals surface area (Å²) in [7, 11) is -3.13. The van der Waals surface area contributed by atoms with Gasteiger partial charge in [0.1, 0.15) is 10.7 Å². The highest BCUT2D eigenvalue weighted by molar-refractivity contribution is 7.91. The molecule has 130 valence electrons. The fourth-order valence-electron chi connectivity index (χ4n) is 2.39. The molecular formula is C17H22N2O3S2. The molecule has 0 aliphatic rings. The molecular weight excluding hydrogens is 344 g/mol. The van der Waals surface area contributed by atoms with Gasteiger partial charge >= 0.3 is 0 Å². The third kappa shape index (κ3) is 4.64. The number of hydrogen-bond acceptors (Lipinski definition) is 5. The van der Waals surface area contributed by atoms with E-state index in [0.29, 0.717) is 5.69 Å². The van der Waals surface area contributed by atoms with Crippen molar-refractivity contribution in [2.75, 3.05) is 11.5 Å². The predicted octanol–water partition coefficient (Wildman–Crippen LogP) is 2.98. The molecule has 1 unspecified atom stereocenters. The van der Waals surface area contributed by atoms with Crippen molar-refractivity contribution < 1.29 is 13.2 Å². The molecule has 0 fully saturated rings. The van der Waals surface area contributed by atoms with E-state index in [2.05, 4.69) is 16.4 Å². The van der Waals surface area contributed by atoms with E-state index in [1.54, 1.807) is 19.2 Å². The van der Waals surface area contributed by atoms with E-state index in [4.69, 9.17) is 0 Å². The van der Waals surface area contributed by atoms with Gasteiger partial charge in [-0.1, -0.05) is 30.7 Å². The van der Waals surface area contributed by atoms with Crippen LogP contribution < -0.4 is 5.32 Å². The lowest BCUT2D eigenvalue weighted by atomic mass is 10.1. The highest BCUT2D eigenvalue weighted by Gasteiger charge is 2.18. The summed E-state index contributed by atoms with van der Waals surface area (Å²) in [6.07, 6.45) is 0. The average molecular weight is 367 g/mol. The first-order valence-electron chi connectivity index (χ1n) is 7.76. The minimum Gasteiger partial charge on any atom is -0.347 e. The molecule has 0 bridgehead atoms. The van der Waals surface area contributed by atoms with Crippen LogP contribution in [0.5, 0.6) is 0 Å². The van der Waals surface area contributed by atoms with Crippen LogP contribution in [-0.2, 0) is 9.84 Å². The molecule has 1 amide bonds. The van der Waals surface area contributed by atoms with Crippen molar-refractivity contribution in [2.45, 2.75) is 33.7 Å². The fraction of sp³-hybridized carbons (Fsp3) is 0.412. The summed E-state index contributed by atoms with van der Waals surface area (Å²) in [5, 5.41) is 5.18. The number of carbonyl (C=O) groups excluding carboxylic acids is 1. The molecule has 0 spiro atoms. The largest absolute Gasteiger partial charge is 0.347 e. The minimum absolute atomic E-state index is 0.0662. The van der Waals surface area contributed by atoms with Gasteiger partial charge in [-0.2, -0.15) is 0 Å². The summed E-state index contributed by atoms with van der Waals surface area (Å²) in [4.78, 5) is 16.6. The lowest BCUT2D eigenvalue weighted by Gasteiger charge is -2.12. The molecule has 1 heterocycles. The Bertz CT molecular complexity index is 841. The summed E-state index contributed by atoms with van der Waals surface area (Å²) in [6, 6.07) is 5.64. The Hall–Kier alpha value is -1.73.